The molecule has 0 saturated heterocycles. The molecule has 5 heteroatoms. The zero-order valence-electron chi connectivity index (χ0n) is 11.4. The van der Waals surface area contributed by atoms with Crippen LogP contribution in [0.2, 0.25) is 5.02 Å². The molecular formula is C15H19BrClNO2. The lowest BCUT2D eigenvalue weighted by Crippen LogP contribution is -2.46. The second kappa shape index (κ2) is 7.89. The quantitative estimate of drug-likeness (QED) is 0.691. The first-order valence-electron chi connectivity index (χ1n) is 6.94. The first-order valence-corrected chi connectivity index (χ1v) is 8.44. The van der Waals surface area contributed by atoms with E-state index in [1.54, 1.807) is 24.3 Å². The molecule has 1 saturated carbocycles. The van der Waals surface area contributed by atoms with E-state index in [1.165, 1.54) is 6.42 Å². The molecule has 1 aliphatic carbocycles. The minimum absolute atomic E-state index is 0.0746. The minimum Gasteiger partial charge on any atom is -0.484 e. The van der Waals surface area contributed by atoms with Gasteiger partial charge in [-0.05, 0) is 49.9 Å². The first-order chi connectivity index (χ1) is 9.70. The minimum atomic E-state index is 0.0746. The number of nitrogens with zero attached hydrogens (tertiary/aromatic N) is 1. The van der Waals surface area contributed by atoms with E-state index in [9.17, 15) is 4.79 Å². The average Bonchev–Trinajstić information content (AvgIpc) is 2.40. The van der Waals surface area contributed by atoms with Crippen LogP contribution in [0.25, 0.3) is 0 Å². The molecule has 1 fully saturated rings. The fourth-order valence-electron chi connectivity index (χ4n) is 2.20. The summed E-state index contributed by atoms with van der Waals surface area (Å²) in [7, 11) is 0. The van der Waals surface area contributed by atoms with Crippen molar-refractivity contribution in [2.24, 2.45) is 0 Å². The lowest BCUT2D eigenvalue weighted by molar-refractivity contribution is -0.137. The molecule has 0 unspecified atom stereocenters. The molecule has 0 atom stereocenters. The van der Waals surface area contributed by atoms with Crippen LogP contribution in [-0.4, -0.2) is 35.3 Å². The summed E-state index contributed by atoms with van der Waals surface area (Å²) in [6, 6.07) is 7.49. The Morgan fingerprint density at radius 2 is 2.05 bits per heavy atom. The van der Waals surface area contributed by atoms with Gasteiger partial charge in [-0.25, -0.2) is 0 Å². The van der Waals surface area contributed by atoms with Crippen molar-refractivity contribution in [1.29, 1.82) is 0 Å². The molecule has 0 N–H and O–H groups in total. The molecule has 0 bridgehead atoms. The third kappa shape index (κ3) is 4.38. The van der Waals surface area contributed by atoms with Gasteiger partial charge < -0.3 is 9.64 Å². The molecule has 3 nitrogen and oxygen atoms in total. The number of hydrogen-bond acceptors (Lipinski definition) is 2. The van der Waals surface area contributed by atoms with Crippen LogP contribution in [0, 0.1) is 0 Å². The Morgan fingerprint density at radius 1 is 1.35 bits per heavy atom. The maximum atomic E-state index is 12.3. The third-order valence-corrected chi connectivity index (χ3v) is 4.36. The Kier molecular flexibility index (Phi) is 6.17. The normalized spacial score (nSPS) is 14.7. The monoisotopic (exact) mass is 359 g/mol. The van der Waals surface area contributed by atoms with Crippen molar-refractivity contribution < 1.29 is 9.53 Å². The summed E-state index contributed by atoms with van der Waals surface area (Å²) in [5.41, 5.74) is 0. The van der Waals surface area contributed by atoms with Crippen LogP contribution in [0.4, 0.5) is 0 Å². The molecule has 0 aromatic heterocycles. The summed E-state index contributed by atoms with van der Waals surface area (Å²) in [5.74, 6) is 0.752. The lowest BCUT2D eigenvalue weighted by atomic mass is 9.91. The van der Waals surface area contributed by atoms with Crippen molar-refractivity contribution in [2.75, 3.05) is 18.5 Å². The topological polar surface area (TPSA) is 29.5 Å². The van der Waals surface area contributed by atoms with Gasteiger partial charge in [-0.2, -0.15) is 0 Å². The second-order valence-electron chi connectivity index (χ2n) is 4.96. The summed E-state index contributed by atoms with van der Waals surface area (Å²) in [5, 5.41) is 1.58. The van der Waals surface area contributed by atoms with Crippen LogP contribution in [0.5, 0.6) is 5.75 Å². The molecule has 0 radical (unpaired) electrons. The van der Waals surface area contributed by atoms with E-state index >= 15 is 0 Å². The second-order valence-corrected chi connectivity index (χ2v) is 6.19. The molecule has 20 heavy (non-hydrogen) atoms. The van der Waals surface area contributed by atoms with Crippen molar-refractivity contribution in [3.05, 3.63) is 29.3 Å². The number of alkyl halides is 1. The highest BCUT2D eigenvalue weighted by molar-refractivity contribution is 9.09. The summed E-state index contributed by atoms with van der Waals surface area (Å²) in [6.45, 7) is 0.902. The number of halogens is 2. The van der Waals surface area contributed by atoms with E-state index in [0.717, 1.165) is 31.1 Å². The number of benzene rings is 1. The Morgan fingerprint density at radius 3 is 2.60 bits per heavy atom. The number of amides is 1. The van der Waals surface area contributed by atoms with Gasteiger partial charge in [0.05, 0.1) is 0 Å². The first kappa shape index (κ1) is 15.6. The maximum Gasteiger partial charge on any atom is 0.260 e. The summed E-state index contributed by atoms with van der Waals surface area (Å²) in [4.78, 5) is 14.3. The van der Waals surface area contributed by atoms with Gasteiger partial charge in [-0.3, -0.25) is 4.79 Å². The number of ether oxygens (including phenoxy) is 1. The van der Waals surface area contributed by atoms with Gasteiger partial charge in [-0.15, -0.1) is 0 Å². The predicted octanol–water partition coefficient (Wildman–Crippen LogP) is 3.88. The van der Waals surface area contributed by atoms with Gasteiger partial charge in [0.25, 0.3) is 5.91 Å². The van der Waals surface area contributed by atoms with Crippen LogP contribution in [0.1, 0.15) is 25.7 Å². The summed E-state index contributed by atoms with van der Waals surface area (Å²) < 4.78 is 5.54. The summed E-state index contributed by atoms with van der Waals surface area (Å²) in [6.07, 6.45) is 4.44. The van der Waals surface area contributed by atoms with Gasteiger partial charge in [0.1, 0.15) is 5.75 Å². The van der Waals surface area contributed by atoms with Gasteiger partial charge in [-0.1, -0.05) is 27.5 Å². The molecular weight excluding hydrogens is 342 g/mol. The van der Waals surface area contributed by atoms with Crippen molar-refractivity contribution >= 4 is 33.4 Å². The third-order valence-electron chi connectivity index (χ3n) is 3.54. The van der Waals surface area contributed by atoms with Gasteiger partial charge >= 0.3 is 0 Å². The molecule has 1 amide bonds. The van der Waals surface area contributed by atoms with Crippen LogP contribution >= 0.6 is 27.5 Å². The van der Waals surface area contributed by atoms with Gasteiger partial charge in [0.2, 0.25) is 0 Å². The zero-order chi connectivity index (χ0) is 14.4. The van der Waals surface area contributed by atoms with Crippen molar-refractivity contribution in [3.8, 4) is 5.75 Å². The van der Waals surface area contributed by atoms with E-state index in [-0.39, 0.29) is 12.5 Å². The number of carbonyl (C=O) groups is 1. The SMILES string of the molecule is O=C(COc1ccc(Cl)cc1)N(CCCBr)C1CCC1. The Hall–Kier alpha value is -0.740. The molecule has 110 valence electrons. The molecule has 0 spiro atoms. The van der Waals surface area contributed by atoms with Crippen LogP contribution in [0.3, 0.4) is 0 Å². The fraction of sp³-hybridized carbons (Fsp3) is 0.533. The van der Waals surface area contributed by atoms with E-state index < -0.39 is 0 Å². The van der Waals surface area contributed by atoms with Gasteiger partial charge in [0.15, 0.2) is 6.61 Å². The molecule has 1 aromatic rings. The smallest absolute Gasteiger partial charge is 0.260 e. The highest BCUT2D eigenvalue weighted by Gasteiger charge is 2.28. The van der Waals surface area contributed by atoms with E-state index in [1.807, 2.05) is 4.90 Å². The number of hydrogen-bond donors (Lipinski definition) is 0. The van der Waals surface area contributed by atoms with Gasteiger partial charge in [0, 0.05) is 22.9 Å². The summed E-state index contributed by atoms with van der Waals surface area (Å²) >= 11 is 9.23. The fourth-order valence-corrected chi connectivity index (χ4v) is 2.57. The zero-order valence-corrected chi connectivity index (χ0v) is 13.7. The molecule has 1 aromatic carbocycles. The average molecular weight is 361 g/mol. The van der Waals surface area contributed by atoms with E-state index in [0.29, 0.717) is 16.8 Å². The molecule has 0 aliphatic heterocycles. The van der Waals surface area contributed by atoms with Crippen molar-refractivity contribution in [3.63, 3.8) is 0 Å². The highest BCUT2D eigenvalue weighted by atomic mass is 79.9. The van der Waals surface area contributed by atoms with Crippen LogP contribution in [-0.2, 0) is 4.79 Å². The Bertz CT molecular complexity index is 434. The highest BCUT2D eigenvalue weighted by Crippen LogP contribution is 2.25. The lowest BCUT2D eigenvalue weighted by Gasteiger charge is -2.37. The van der Waals surface area contributed by atoms with Crippen molar-refractivity contribution in [2.45, 2.75) is 31.7 Å². The predicted molar refractivity (Wildman–Crippen MR) is 84.7 cm³/mol. The van der Waals surface area contributed by atoms with Crippen LogP contribution < -0.4 is 4.74 Å². The molecule has 2 rings (SSSR count). The Balaban J connectivity index is 1.85. The molecule has 0 heterocycles. The molecule has 1 aliphatic rings. The number of rotatable bonds is 7. The standard InChI is InChI=1S/C15H19BrClNO2/c16-9-2-10-18(13-3-1-4-13)15(19)11-20-14-7-5-12(17)6-8-14/h5-8,13H,1-4,9-11H2. The maximum absolute atomic E-state index is 12.3. The van der Waals surface area contributed by atoms with Crippen molar-refractivity contribution in [1.82, 2.24) is 4.90 Å². The van der Waals surface area contributed by atoms with E-state index in [4.69, 9.17) is 16.3 Å². The Labute approximate surface area is 133 Å². The largest absolute Gasteiger partial charge is 0.484 e. The van der Waals surface area contributed by atoms with E-state index in [2.05, 4.69) is 15.9 Å². The number of carbonyl (C=O) groups excluding carboxylic acids is 1. The van der Waals surface area contributed by atoms with Crippen LogP contribution in [0.15, 0.2) is 24.3 Å².